The Morgan fingerprint density at radius 2 is 1.90 bits per heavy atom. The number of nitrogens with one attached hydrogen (secondary N) is 3. The molecule has 0 radical (unpaired) electrons. The van der Waals surface area contributed by atoms with Crippen molar-refractivity contribution in [1.29, 1.82) is 0 Å². The standard InChI is InChI=1S/C24H32N4O2.HI/c1-4-25-24(26-13-12-20-14-18-8-5-6-11-22(18)28-20)27-16-23(29)19-9-7-10-21(15-19)30-17(2)3;/h5-11,14-15,17,23,28-29H,4,12-13,16H2,1-3H3,(H2,25,26,27);1H. The van der Waals surface area contributed by atoms with Gasteiger partial charge in [0.2, 0.25) is 0 Å². The van der Waals surface area contributed by atoms with Crippen molar-refractivity contribution < 1.29 is 9.84 Å². The van der Waals surface area contributed by atoms with Gasteiger partial charge in [0.25, 0.3) is 0 Å². The van der Waals surface area contributed by atoms with Gasteiger partial charge in [0.1, 0.15) is 5.75 Å². The highest BCUT2D eigenvalue weighted by Crippen LogP contribution is 2.20. The average molecular weight is 536 g/mol. The van der Waals surface area contributed by atoms with Crippen molar-refractivity contribution in [3.63, 3.8) is 0 Å². The molecule has 0 amide bonds. The van der Waals surface area contributed by atoms with E-state index in [-0.39, 0.29) is 36.6 Å². The van der Waals surface area contributed by atoms with Gasteiger partial charge in [0, 0.05) is 30.7 Å². The Balaban J connectivity index is 0.00000341. The molecule has 0 aliphatic rings. The van der Waals surface area contributed by atoms with Crippen LogP contribution in [0.3, 0.4) is 0 Å². The van der Waals surface area contributed by atoms with Gasteiger partial charge in [-0.3, -0.25) is 4.99 Å². The van der Waals surface area contributed by atoms with Gasteiger partial charge in [-0.25, -0.2) is 0 Å². The number of fused-ring (bicyclic) bond motifs is 1. The fraction of sp³-hybridized carbons (Fsp3) is 0.375. The van der Waals surface area contributed by atoms with Crippen LogP contribution in [0, 0.1) is 0 Å². The van der Waals surface area contributed by atoms with Crippen LogP contribution in [0.15, 0.2) is 59.6 Å². The van der Waals surface area contributed by atoms with E-state index in [1.807, 2.05) is 57.2 Å². The van der Waals surface area contributed by atoms with Gasteiger partial charge < -0.3 is 25.5 Å². The number of aliphatic hydroxyl groups is 1. The summed E-state index contributed by atoms with van der Waals surface area (Å²) in [5.74, 6) is 1.45. The first-order chi connectivity index (χ1) is 14.5. The minimum atomic E-state index is -0.690. The zero-order valence-corrected chi connectivity index (χ0v) is 20.7. The molecule has 3 aromatic rings. The van der Waals surface area contributed by atoms with Crippen LogP contribution in [0.4, 0.5) is 0 Å². The average Bonchev–Trinajstić information content (AvgIpc) is 3.14. The monoisotopic (exact) mass is 536 g/mol. The molecule has 31 heavy (non-hydrogen) atoms. The zero-order chi connectivity index (χ0) is 21.3. The Kier molecular flexibility index (Phi) is 10.1. The highest BCUT2D eigenvalue weighted by molar-refractivity contribution is 14.0. The third-order valence-electron chi connectivity index (χ3n) is 4.65. The fourth-order valence-corrected chi connectivity index (χ4v) is 3.28. The second kappa shape index (κ2) is 12.6. The van der Waals surface area contributed by atoms with Crippen molar-refractivity contribution >= 4 is 40.8 Å². The maximum Gasteiger partial charge on any atom is 0.191 e. The van der Waals surface area contributed by atoms with Gasteiger partial charge >= 0.3 is 0 Å². The number of halogens is 1. The fourth-order valence-electron chi connectivity index (χ4n) is 3.28. The Labute approximate surface area is 201 Å². The summed E-state index contributed by atoms with van der Waals surface area (Å²) in [4.78, 5) is 7.99. The maximum atomic E-state index is 10.6. The Morgan fingerprint density at radius 1 is 1.10 bits per heavy atom. The van der Waals surface area contributed by atoms with E-state index in [0.717, 1.165) is 36.3 Å². The predicted octanol–water partition coefficient (Wildman–Crippen LogP) is 4.40. The van der Waals surface area contributed by atoms with Crippen LogP contribution < -0.4 is 15.4 Å². The Bertz CT molecular complexity index is 938. The Morgan fingerprint density at radius 3 is 2.65 bits per heavy atom. The predicted molar refractivity (Wildman–Crippen MR) is 139 cm³/mol. The molecule has 0 fully saturated rings. The SMILES string of the molecule is CCNC(=NCC(O)c1cccc(OC(C)C)c1)NCCc1cc2ccccc2[nH]1.I. The lowest BCUT2D eigenvalue weighted by atomic mass is 10.1. The van der Waals surface area contributed by atoms with Crippen molar-refractivity contribution in [3.05, 3.63) is 65.9 Å². The molecule has 0 saturated carbocycles. The van der Waals surface area contributed by atoms with E-state index < -0.39 is 6.10 Å². The molecule has 1 atom stereocenters. The number of rotatable bonds is 9. The number of nitrogens with zero attached hydrogens (tertiary/aromatic N) is 1. The quantitative estimate of drug-likeness (QED) is 0.186. The number of hydrogen-bond acceptors (Lipinski definition) is 3. The first kappa shape index (κ1) is 25.0. The van der Waals surface area contributed by atoms with E-state index in [1.165, 1.54) is 11.1 Å². The molecule has 1 heterocycles. The molecule has 0 spiro atoms. The molecule has 6 nitrogen and oxygen atoms in total. The molecular weight excluding hydrogens is 503 g/mol. The van der Waals surface area contributed by atoms with E-state index in [1.54, 1.807) is 0 Å². The summed E-state index contributed by atoms with van der Waals surface area (Å²) in [5.41, 5.74) is 3.13. The van der Waals surface area contributed by atoms with Crippen LogP contribution >= 0.6 is 24.0 Å². The third-order valence-corrected chi connectivity index (χ3v) is 4.65. The highest BCUT2D eigenvalue weighted by Gasteiger charge is 2.09. The molecule has 0 aliphatic carbocycles. The lowest BCUT2D eigenvalue weighted by molar-refractivity contribution is 0.185. The van der Waals surface area contributed by atoms with Crippen molar-refractivity contribution in [3.8, 4) is 5.75 Å². The molecule has 7 heteroatoms. The van der Waals surface area contributed by atoms with Crippen molar-refractivity contribution in [2.24, 2.45) is 4.99 Å². The third kappa shape index (κ3) is 7.74. The molecule has 1 unspecified atom stereocenters. The smallest absolute Gasteiger partial charge is 0.191 e. The molecule has 1 aromatic heterocycles. The summed E-state index contributed by atoms with van der Waals surface area (Å²) in [7, 11) is 0. The number of benzene rings is 2. The number of guanidine groups is 1. The van der Waals surface area contributed by atoms with Gasteiger partial charge in [-0.1, -0.05) is 30.3 Å². The number of aliphatic imine (C=N–C) groups is 1. The number of hydrogen-bond donors (Lipinski definition) is 4. The van der Waals surface area contributed by atoms with Crippen LogP contribution in [-0.2, 0) is 6.42 Å². The van der Waals surface area contributed by atoms with E-state index in [0.29, 0.717) is 5.96 Å². The van der Waals surface area contributed by atoms with Crippen LogP contribution in [-0.4, -0.2) is 41.8 Å². The number of aromatic nitrogens is 1. The molecule has 0 aliphatic heterocycles. The molecule has 168 valence electrons. The number of H-pyrrole nitrogens is 1. The van der Waals surface area contributed by atoms with Crippen molar-refractivity contribution in [1.82, 2.24) is 15.6 Å². The summed E-state index contributed by atoms with van der Waals surface area (Å²) >= 11 is 0. The molecular formula is C24H33IN4O2. The molecule has 0 saturated heterocycles. The van der Waals surface area contributed by atoms with E-state index >= 15 is 0 Å². The van der Waals surface area contributed by atoms with E-state index in [4.69, 9.17) is 4.74 Å². The normalized spacial score (nSPS) is 12.5. The van der Waals surface area contributed by atoms with E-state index in [2.05, 4.69) is 38.8 Å². The lowest BCUT2D eigenvalue weighted by Gasteiger charge is -2.15. The first-order valence-electron chi connectivity index (χ1n) is 10.6. The molecule has 4 N–H and O–H groups in total. The van der Waals surface area contributed by atoms with Gasteiger partial charge in [-0.2, -0.15) is 0 Å². The summed E-state index contributed by atoms with van der Waals surface area (Å²) in [6, 6.07) is 18.0. The van der Waals surface area contributed by atoms with E-state index in [9.17, 15) is 5.11 Å². The van der Waals surface area contributed by atoms with Gasteiger partial charge in [-0.05, 0) is 56.0 Å². The number of aliphatic hydroxyl groups excluding tert-OH is 1. The topological polar surface area (TPSA) is 81.7 Å². The largest absolute Gasteiger partial charge is 0.491 e. The second-order valence-electron chi connectivity index (χ2n) is 7.53. The molecule has 2 aromatic carbocycles. The van der Waals surface area contributed by atoms with Crippen LogP contribution in [0.25, 0.3) is 10.9 Å². The second-order valence-corrected chi connectivity index (χ2v) is 7.53. The summed E-state index contributed by atoms with van der Waals surface area (Å²) in [6.07, 6.45) is 0.262. The minimum absolute atomic E-state index is 0. The van der Waals surface area contributed by atoms with Crippen LogP contribution in [0.5, 0.6) is 5.75 Å². The minimum Gasteiger partial charge on any atom is -0.491 e. The summed E-state index contributed by atoms with van der Waals surface area (Å²) in [5, 5.41) is 18.4. The number of ether oxygens (including phenoxy) is 1. The number of aromatic amines is 1. The summed E-state index contributed by atoms with van der Waals surface area (Å²) < 4.78 is 5.71. The highest BCUT2D eigenvalue weighted by atomic mass is 127. The molecule has 0 bridgehead atoms. The van der Waals surface area contributed by atoms with Crippen molar-refractivity contribution in [2.45, 2.75) is 39.4 Å². The summed E-state index contributed by atoms with van der Waals surface area (Å²) in [6.45, 7) is 7.76. The van der Waals surface area contributed by atoms with Crippen LogP contribution in [0.2, 0.25) is 0 Å². The first-order valence-corrected chi connectivity index (χ1v) is 10.6. The van der Waals surface area contributed by atoms with Crippen molar-refractivity contribution in [2.75, 3.05) is 19.6 Å². The lowest BCUT2D eigenvalue weighted by Crippen LogP contribution is -2.38. The van der Waals surface area contributed by atoms with Gasteiger partial charge in [0.15, 0.2) is 5.96 Å². The zero-order valence-electron chi connectivity index (χ0n) is 18.4. The molecule has 3 rings (SSSR count). The Hall–Kier alpha value is -2.26. The number of para-hydroxylation sites is 1. The maximum absolute atomic E-state index is 10.6. The van der Waals surface area contributed by atoms with Gasteiger partial charge in [0.05, 0.1) is 18.8 Å². The van der Waals surface area contributed by atoms with Crippen LogP contribution in [0.1, 0.15) is 38.1 Å². The van der Waals surface area contributed by atoms with Gasteiger partial charge in [-0.15, -0.1) is 24.0 Å².